The van der Waals surface area contributed by atoms with Crippen molar-refractivity contribution in [1.82, 2.24) is 9.73 Å². The Kier molecular flexibility index (Phi) is 8.62. The average Bonchev–Trinajstić information content (AvgIpc) is 2.84. The second kappa shape index (κ2) is 11.6. The van der Waals surface area contributed by atoms with E-state index in [2.05, 4.69) is 10.5 Å². The number of benzene rings is 3. The number of aryl methyl sites for hydroxylation is 1. The van der Waals surface area contributed by atoms with E-state index in [4.69, 9.17) is 4.74 Å². The molecule has 9 heteroatoms. The van der Waals surface area contributed by atoms with E-state index in [9.17, 15) is 13.2 Å². The van der Waals surface area contributed by atoms with Gasteiger partial charge in [0.2, 0.25) is 10.0 Å². The van der Waals surface area contributed by atoms with Crippen LogP contribution >= 0.6 is 0 Å². The van der Waals surface area contributed by atoms with Crippen LogP contribution < -0.4 is 15.1 Å². The van der Waals surface area contributed by atoms with E-state index in [0.29, 0.717) is 11.3 Å². The number of nitrogens with zero attached hydrogens (tertiary/aromatic N) is 3. The first-order valence-corrected chi connectivity index (χ1v) is 12.4. The van der Waals surface area contributed by atoms with Crippen LogP contribution in [-0.4, -0.2) is 52.6 Å². The van der Waals surface area contributed by atoms with Gasteiger partial charge in [0.05, 0.1) is 24.8 Å². The average molecular weight is 495 g/mol. The minimum atomic E-state index is -3.97. The summed E-state index contributed by atoms with van der Waals surface area (Å²) in [5.74, 6) is 0.0418. The number of methoxy groups -OCH3 is 1. The highest BCUT2D eigenvalue weighted by molar-refractivity contribution is 7.89. The molecule has 1 N–H and O–H groups in total. The molecule has 8 nitrogen and oxygen atoms in total. The molecule has 3 aromatic carbocycles. The highest BCUT2D eigenvalue weighted by Gasteiger charge is 2.27. The largest absolute Gasteiger partial charge is 0.496 e. The molecule has 0 heterocycles. The van der Waals surface area contributed by atoms with Crippen molar-refractivity contribution < 1.29 is 17.9 Å². The Morgan fingerprint density at radius 1 is 1.03 bits per heavy atom. The molecule has 0 aliphatic carbocycles. The standard InChI is InChI=1S/C26H30N4O4S/c1-20-16-24(14-15-25(20)34-4)35(32,33)30(18-22-8-6-5-7-9-22)19-26(31)28-27-17-21-10-12-23(13-11-21)29(2)3/h5-17H,18-19H2,1-4H3,(H,28,31). The molecule has 0 aliphatic rings. The molecule has 0 radical (unpaired) electrons. The zero-order valence-electron chi connectivity index (χ0n) is 20.3. The van der Waals surface area contributed by atoms with Crippen molar-refractivity contribution in [2.75, 3.05) is 32.6 Å². The lowest BCUT2D eigenvalue weighted by Crippen LogP contribution is -2.39. The highest BCUT2D eigenvalue weighted by Crippen LogP contribution is 2.24. The Balaban J connectivity index is 1.77. The Labute approximate surface area is 206 Å². The quantitative estimate of drug-likeness (QED) is 0.345. The Morgan fingerprint density at radius 3 is 2.31 bits per heavy atom. The van der Waals surface area contributed by atoms with E-state index in [1.165, 1.54) is 19.4 Å². The van der Waals surface area contributed by atoms with Gasteiger partial charge in [-0.2, -0.15) is 9.41 Å². The van der Waals surface area contributed by atoms with Gasteiger partial charge in [0.15, 0.2) is 0 Å². The first-order valence-electron chi connectivity index (χ1n) is 11.0. The highest BCUT2D eigenvalue weighted by atomic mass is 32.2. The first kappa shape index (κ1) is 25.9. The summed E-state index contributed by atoms with van der Waals surface area (Å²) in [4.78, 5) is 14.7. The number of hydrogen-bond donors (Lipinski definition) is 1. The maximum Gasteiger partial charge on any atom is 0.255 e. The summed E-state index contributed by atoms with van der Waals surface area (Å²) in [6.45, 7) is 1.42. The van der Waals surface area contributed by atoms with Gasteiger partial charge in [0.1, 0.15) is 5.75 Å². The third-order valence-electron chi connectivity index (χ3n) is 5.34. The number of hydrazone groups is 1. The Hall–Kier alpha value is -3.69. The summed E-state index contributed by atoms with van der Waals surface area (Å²) in [6.07, 6.45) is 1.51. The van der Waals surface area contributed by atoms with Crippen LogP contribution in [-0.2, 0) is 21.4 Å². The summed E-state index contributed by atoms with van der Waals surface area (Å²) in [5.41, 5.74) is 5.72. The fourth-order valence-electron chi connectivity index (χ4n) is 3.41. The van der Waals surface area contributed by atoms with Gasteiger partial charge in [0.25, 0.3) is 5.91 Å². The molecule has 0 saturated carbocycles. The number of sulfonamides is 1. The molecular formula is C26H30N4O4S. The molecule has 0 aromatic heterocycles. The monoisotopic (exact) mass is 494 g/mol. The minimum Gasteiger partial charge on any atom is -0.496 e. The van der Waals surface area contributed by atoms with Crippen LogP contribution in [0.5, 0.6) is 5.75 Å². The molecule has 0 fully saturated rings. The van der Waals surface area contributed by atoms with Crippen LogP contribution in [0.15, 0.2) is 82.8 Å². The van der Waals surface area contributed by atoms with E-state index >= 15 is 0 Å². The predicted molar refractivity (Wildman–Crippen MR) is 138 cm³/mol. The molecule has 0 saturated heterocycles. The number of hydrogen-bond acceptors (Lipinski definition) is 6. The van der Waals surface area contributed by atoms with Gasteiger partial charge in [-0.15, -0.1) is 0 Å². The smallest absolute Gasteiger partial charge is 0.255 e. The third-order valence-corrected chi connectivity index (χ3v) is 7.13. The van der Waals surface area contributed by atoms with Crippen molar-refractivity contribution in [3.8, 4) is 5.75 Å². The number of rotatable bonds is 10. The lowest BCUT2D eigenvalue weighted by molar-refractivity contribution is -0.121. The number of carbonyl (C=O) groups is 1. The van der Waals surface area contributed by atoms with Gasteiger partial charge >= 0.3 is 0 Å². The number of ether oxygens (including phenoxy) is 1. The van der Waals surface area contributed by atoms with E-state index in [0.717, 1.165) is 21.1 Å². The van der Waals surface area contributed by atoms with E-state index in [1.54, 1.807) is 19.1 Å². The van der Waals surface area contributed by atoms with Crippen molar-refractivity contribution in [2.45, 2.75) is 18.4 Å². The van der Waals surface area contributed by atoms with Crippen LogP contribution in [0.3, 0.4) is 0 Å². The van der Waals surface area contributed by atoms with Crippen molar-refractivity contribution in [2.24, 2.45) is 5.10 Å². The minimum absolute atomic E-state index is 0.0391. The van der Waals surface area contributed by atoms with Crippen LogP contribution in [0, 0.1) is 6.92 Å². The van der Waals surface area contributed by atoms with Crippen LogP contribution in [0.25, 0.3) is 0 Å². The third kappa shape index (κ3) is 6.91. The normalized spacial score (nSPS) is 11.6. The van der Waals surface area contributed by atoms with Gasteiger partial charge < -0.3 is 9.64 Å². The fraction of sp³-hybridized carbons (Fsp3) is 0.231. The molecule has 1 amide bonds. The van der Waals surface area contributed by atoms with Crippen LogP contribution in [0.2, 0.25) is 0 Å². The van der Waals surface area contributed by atoms with Crippen molar-refractivity contribution in [3.05, 3.63) is 89.5 Å². The SMILES string of the molecule is COc1ccc(S(=O)(=O)N(CC(=O)NN=Cc2ccc(N(C)C)cc2)Cc2ccccc2)cc1C. The summed E-state index contributed by atoms with van der Waals surface area (Å²) in [7, 11) is 1.46. The fourth-order valence-corrected chi connectivity index (χ4v) is 4.88. The molecule has 3 aromatic rings. The van der Waals surface area contributed by atoms with E-state index in [1.807, 2.05) is 73.6 Å². The zero-order chi connectivity index (χ0) is 25.4. The predicted octanol–water partition coefficient (Wildman–Crippen LogP) is 3.41. The molecule has 3 rings (SSSR count). The van der Waals surface area contributed by atoms with Gasteiger partial charge in [-0.25, -0.2) is 13.8 Å². The van der Waals surface area contributed by atoms with Crippen molar-refractivity contribution in [3.63, 3.8) is 0 Å². The topological polar surface area (TPSA) is 91.3 Å². The Morgan fingerprint density at radius 2 is 1.71 bits per heavy atom. The number of carbonyl (C=O) groups excluding carboxylic acids is 1. The second-order valence-electron chi connectivity index (χ2n) is 8.17. The molecule has 0 unspecified atom stereocenters. The second-order valence-corrected chi connectivity index (χ2v) is 10.1. The number of amides is 1. The molecule has 0 atom stereocenters. The van der Waals surface area contributed by atoms with E-state index < -0.39 is 15.9 Å². The summed E-state index contributed by atoms with van der Waals surface area (Å²) < 4.78 is 33.3. The number of nitrogens with one attached hydrogen (secondary N) is 1. The molecular weight excluding hydrogens is 464 g/mol. The van der Waals surface area contributed by atoms with E-state index in [-0.39, 0.29) is 18.0 Å². The van der Waals surface area contributed by atoms with Gasteiger partial charge in [-0.05, 0) is 53.9 Å². The van der Waals surface area contributed by atoms with Gasteiger partial charge in [0, 0.05) is 26.3 Å². The summed E-state index contributed by atoms with van der Waals surface area (Å²) in [6, 6.07) is 21.4. The molecule has 0 bridgehead atoms. The van der Waals surface area contributed by atoms with Crippen LogP contribution in [0.1, 0.15) is 16.7 Å². The van der Waals surface area contributed by atoms with Crippen LogP contribution in [0.4, 0.5) is 5.69 Å². The molecule has 35 heavy (non-hydrogen) atoms. The lowest BCUT2D eigenvalue weighted by atomic mass is 10.2. The summed E-state index contributed by atoms with van der Waals surface area (Å²) in [5, 5.41) is 3.99. The summed E-state index contributed by atoms with van der Waals surface area (Å²) >= 11 is 0. The zero-order valence-corrected chi connectivity index (χ0v) is 21.1. The van der Waals surface area contributed by atoms with Crippen molar-refractivity contribution >= 4 is 27.8 Å². The molecule has 0 spiro atoms. The lowest BCUT2D eigenvalue weighted by Gasteiger charge is -2.22. The molecule has 0 aliphatic heterocycles. The van der Waals surface area contributed by atoms with Gasteiger partial charge in [-0.1, -0.05) is 42.5 Å². The first-order chi connectivity index (χ1) is 16.7. The van der Waals surface area contributed by atoms with Gasteiger partial charge in [-0.3, -0.25) is 4.79 Å². The molecule has 184 valence electrons. The van der Waals surface area contributed by atoms with Crippen molar-refractivity contribution in [1.29, 1.82) is 0 Å². The maximum atomic E-state index is 13.5. The Bertz CT molecular complexity index is 1270. The number of anilines is 1. The maximum absolute atomic E-state index is 13.5.